The van der Waals surface area contributed by atoms with E-state index in [0.717, 1.165) is 29.5 Å². The van der Waals surface area contributed by atoms with Crippen LogP contribution in [0.2, 0.25) is 0 Å². The van der Waals surface area contributed by atoms with Crippen molar-refractivity contribution in [2.24, 2.45) is 0 Å². The zero-order valence-electron chi connectivity index (χ0n) is 20.5. The van der Waals surface area contributed by atoms with Gasteiger partial charge in [0.15, 0.2) is 0 Å². The van der Waals surface area contributed by atoms with E-state index in [9.17, 15) is 9.90 Å². The van der Waals surface area contributed by atoms with Gasteiger partial charge in [-0.1, -0.05) is 105 Å². The van der Waals surface area contributed by atoms with E-state index in [1.807, 2.05) is 6.07 Å². The van der Waals surface area contributed by atoms with Crippen LogP contribution in [0.15, 0.2) is 12.1 Å². The van der Waals surface area contributed by atoms with Crippen LogP contribution in [0.25, 0.3) is 0 Å². The number of hydrogen-bond donors (Lipinski definition) is 1. The summed E-state index contributed by atoms with van der Waals surface area (Å²) < 4.78 is 5.43. The molecule has 0 amide bonds. The van der Waals surface area contributed by atoms with Gasteiger partial charge >= 0.3 is 5.97 Å². The lowest BCUT2D eigenvalue weighted by Crippen LogP contribution is -2.14. The number of benzene rings is 1. The molecule has 0 aliphatic heterocycles. The summed E-state index contributed by atoms with van der Waals surface area (Å²) in [6, 6.07) is 4.10. The maximum atomic E-state index is 12.1. The number of aryl methyl sites for hydroxylation is 1. The largest absolute Gasteiger partial charge is 0.507 e. The average molecular weight is 419 g/mol. The third-order valence-electron chi connectivity index (χ3n) is 5.76. The van der Waals surface area contributed by atoms with Gasteiger partial charge in [0.1, 0.15) is 5.75 Å². The van der Waals surface area contributed by atoms with Gasteiger partial charge in [-0.25, -0.2) is 0 Å². The van der Waals surface area contributed by atoms with Gasteiger partial charge < -0.3 is 9.84 Å². The number of aromatic hydroxyl groups is 1. The summed E-state index contributed by atoms with van der Waals surface area (Å²) in [7, 11) is 0. The smallest absolute Gasteiger partial charge is 0.306 e. The number of carbonyl (C=O) groups is 1. The van der Waals surface area contributed by atoms with Crippen molar-refractivity contribution < 1.29 is 14.6 Å². The van der Waals surface area contributed by atoms with Crippen molar-refractivity contribution in [1.82, 2.24) is 0 Å². The molecule has 30 heavy (non-hydrogen) atoms. The van der Waals surface area contributed by atoms with Crippen LogP contribution in [-0.2, 0) is 21.4 Å². The number of hydrogen-bond acceptors (Lipinski definition) is 3. The van der Waals surface area contributed by atoms with Crippen LogP contribution in [0.1, 0.15) is 128 Å². The number of carbonyl (C=O) groups excluding carboxylic acids is 1. The minimum Gasteiger partial charge on any atom is -0.507 e. The van der Waals surface area contributed by atoms with E-state index >= 15 is 0 Å². The van der Waals surface area contributed by atoms with Gasteiger partial charge in [0, 0.05) is 6.42 Å². The second-order valence-electron chi connectivity index (χ2n) is 10.0. The van der Waals surface area contributed by atoms with E-state index in [1.54, 1.807) is 0 Å². The van der Waals surface area contributed by atoms with Gasteiger partial charge in [-0.15, -0.1) is 0 Å². The number of esters is 1. The molecule has 1 aromatic rings. The Morgan fingerprint density at radius 1 is 0.967 bits per heavy atom. The highest BCUT2D eigenvalue weighted by Crippen LogP contribution is 2.37. The molecule has 0 aromatic heterocycles. The van der Waals surface area contributed by atoms with E-state index in [4.69, 9.17) is 4.74 Å². The summed E-state index contributed by atoms with van der Waals surface area (Å²) in [5.74, 6) is 0.518. The van der Waals surface area contributed by atoms with Crippen LogP contribution in [0.4, 0.5) is 0 Å². The lowest BCUT2D eigenvalue weighted by molar-refractivity contribution is -0.143. The van der Waals surface area contributed by atoms with Crippen LogP contribution in [0.3, 0.4) is 0 Å². The Morgan fingerprint density at radius 3 is 2.07 bits per heavy atom. The Labute approximate surface area is 185 Å². The first-order chi connectivity index (χ1) is 14.2. The van der Waals surface area contributed by atoms with Gasteiger partial charge in [0.2, 0.25) is 0 Å². The lowest BCUT2D eigenvalue weighted by Gasteiger charge is -2.24. The third-order valence-corrected chi connectivity index (χ3v) is 5.76. The van der Waals surface area contributed by atoms with Gasteiger partial charge in [0.25, 0.3) is 0 Å². The van der Waals surface area contributed by atoms with E-state index in [1.165, 1.54) is 44.9 Å². The minimum absolute atomic E-state index is 0.119. The normalized spacial score (nSPS) is 11.8. The first-order valence-electron chi connectivity index (χ1n) is 12.2. The zero-order valence-corrected chi connectivity index (χ0v) is 20.5. The highest BCUT2D eigenvalue weighted by molar-refractivity contribution is 5.69. The molecule has 1 N–H and O–H groups in total. The second-order valence-corrected chi connectivity index (χ2v) is 10.0. The van der Waals surface area contributed by atoms with E-state index < -0.39 is 0 Å². The van der Waals surface area contributed by atoms with E-state index in [0.29, 0.717) is 25.2 Å². The van der Waals surface area contributed by atoms with Crippen molar-refractivity contribution in [3.05, 3.63) is 28.8 Å². The summed E-state index contributed by atoms with van der Waals surface area (Å²) >= 11 is 0. The highest BCUT2D eigenvalue weighted by atomic mass is 16.5. The number of unbranched alkanes of at least 4 members (excludes halogenated alkanes) is 8. The summed E-state index contributed by atoms with van der Waals surface area (Å²) in [4.78, 5) is 12.1. The van der Waals surface area contributed by atoms with Gasteiger partial charge in [-0.05, 0) is 40.9 Å². The maximum Gasteiger partial charge on any atom is 0.306 e. The number of phenols is 1. The Morgan fingerprint density at radius 2 is 1.53 bits per heavy atom. The SMILES string of the molecule is CCCCCCCCCCCOC(=O)CCc1cc(C(C)C)c(O)c(C(C)(C)C)c1. The van der Waals surface area contributed by atoms with Crippen LogP contribution in [0.5, 0.6) is 5.75 Å². The summed E-state index contributed by atoms with van der Waals surface area (Å²) in [5, 5.41) is 10.7. The summed E-state index contributed by atoms with van der Waals surface area (Å²) in [6.45, 7) is 13.3. The van der Waals surface area contributed by atoms with Crippen molar-refractivity contribution in [3.8, 4) is 5.75 Å². The Kier molecular flexibility index (Phi) is 12.1. The van der Waals surface area contributed by atoms with E-state index in [2.05, 4.69) is 47.6 Å². The third kappa shape index (κ3) is 10.00. The number of ether oxygens (including phenoxy) is 1. The second kappa shape index (κ2) is 13.7. The van der Waals surface area contributed by atoms with Crippen molar-refractivity contribution in [3.63, 3.8) is 0 Å². The molecule has 0 aliphatic rings. The topological polar surface area (TPSA) is 46.5 Å². The molecule has 0 aliphatic carbocycles. The van der Waals surface area contributed by atoms with Crippen molar-refractivity contribution in [2.45, 2.75) is 124 Å². The maximum absolute atomic E-state index is 12.1. The molecule has 3 heteroatoms. The minimum atomic E-state index is -0.139. The lowest BCUT2D eigenvalue weighted by atomic mass is 9.82. The molecule has 0 bridgehead atoms. The van der Waals surface area contributed by atoms with Crippen molar-refractivity contribution >= 4 is 5.97 Å². The molecular weight excluding hydrogens is 372 g/mol. The molecule has 0 fully saturated rings. The van der Waals surface area contributed by atoms with Crippen LogP contribution in [-0.4, -0.2) is 17.7 Å². The molecule has 0 heterocycles. The standard InChI is InChI=1S/C27H46O3/c1-7-8-9-10-11-12-13-14-15-18-30-25(28)17-16-22-19-23(21(2)3)26(29)24(20-22)27(4,5)6/h19-21,29H,7-18H2,1-6H3. The molecule has 0 radical (unpaired) electrons. The molecule has 1 rings (SSSR count). The Balaban J connectivity index is 2.37. The first-order valence-corrected chi connectivity index (χ1v) is 12.2. The fourth-order valence-electron chi connectivity index (χ4n) is 3.79. The quantitative estimate of drug-likeness (QED) is 0.247. The molecule has 0 unspecified atom stereocenters. The van der Waals surface area contributed by atoms with Gasteiger partial charge in [0.05, 0.1) is 6.61 Å². The fourth-order valence-corrected chi connectivity index (χ4v) is 3.79. The van der Waals surface area contributed by atoms with Crippen molar-refractivity contribution in [2.75, 3.05) is 6.61 Å². The van der Waals surface area contributed by atoms with Crippen molar-refractivity contribution in [1.29, 1.82) is 0 Å². The fraction of sp³-hybridized carbons (Fsp3) is 0.741. The van der Waals surface area contributed by atoms with Crippen LogP contribution in [0, 0.1) is 0 Å². The van der Waals surface area contributed by atoms with Crippen LogP contribution >= 0.6 is 0 Å². The Hall–Kier alpha value is -1.51. The first kappa shape index (κ1) is 26.5. The monoisotopic (exact) mass is 418 g/mol. The molecule has 0 atom stereocenters. The predicted octanol–water partition coefficient (Wildman–Crippen LogP) is 7.82. The molecule has 1 aromatic carbocycles. The summed E-state index contributed by atoms with van der Waals surface area (Å²) in [5.41, 5.74) is 2.87. The molecule has 0 saturated carbocycles. The highest BCUT2D eigenvalue weighted by Gasteiger charge is 2.22. The predicted molar refractivity (Wildman–Crippen MR) is 127 cm³/mol. The van der Waals surface area contributed by atoms with Gasteiger partial charge in [-0.2, -0.15) is 0 Å². The van der Waals surface area contributed by atoms with Gasteiger partial charge in [-0.3, -0.25) is 4.79 Å². The molecule has 172 valence electrons. The molecule has 3 nitrogen and oxygen atoms in total. The number of phenolic OH excluding ortho intramolecular Hbond substituents is 1. The molecule has 0 saturated heterocycles. The van der Waals surface area contributed by atoms with Crippen LogP contribution < -0.4 is 0 Å². The Bertz CT molecular complexity index is 626. The molecule has 0 spiro atoms. The summed E-state index contributed by atoms with van der Waals surface area (Å²) in [6.07, 6.45) is 12.4. The number of rotatable bonds is 14. The van der Waals surface area contributed by atoms with E-state index in [-0.39, 0.29) is 17.3 Å². The zero-order chi connectivity index (χ0) is 22.6. The average Bonchev–Trinajstić information content (AvgIpc) is 2.67. The molecular formula is C27H46O3.